The van der Waals surface area contributed by atoms with E-state index in [1.54, 1.807) is 0 Å². The van der Waals surface area contributed by atoms with Gasteiger partial charge in [-0.25, -0.2) is 14.2 Å². The molecular weight excluding hydrogens is 175 g/mol. The lowest BCUT2D eigenvalue weighted by Crippen LogP contribution is -2.01. The van der Waals surface area contributed by atoms with Crippen molar-refractivity contribution in [1.29, 1.82) is 0 Å². The zero-order valence-corrected chi connectivity index (χ0v) is 6.41. The van der Waals surface area contributed by atoms with Crippen molar-refractivity contribution in [2.45, 2.75) is 0 Å². The van der Waals surface area contributed by atoms with Crippen LogP contribution in [0.3, 0.4) is 0 Å². The number of aromatic amines is 1. The van der Waals surface area contributed by atoms with Crippen molar-refractivity contribution in [3.63, 3.8) is 0 Å². The van der Waals surface area contributed by atoms with Crippen LogP contribution in [0.15, 0.2) is 18.5 Å². The quantitative estimate of drug-likeness (QED) is 0.697. The van der Waals surface area contributed by atoms with E-state index in [2.05, 4.69) is 9.97 Å². The monoisotopic (exact) mass is 180 g/mol. The zero-order chi connectivity index (χ0) is 9.42. The van der Waals surface area contributed by atoms with E-state index in [-0.39, 0.29) is 16.6 Å². The first kappa shape index (κ1) is 7.72. The SMILES string of the molecule is O=C(O)c1ncc(F)c2cc[nH]c12. The Hall–Kier alpha value is -1.91. The molecule has 5 heteroatoms. The molecule has 0 aliphatic rings. The molecule has 2 N–H and O–H groups in total. The van der Waals surface area contributed by atoms with Crippen molar-refractivity contribution >= 4 is 16.9 Å². The number of halogens is 1. The summed E-state index contributed by atoms with van der Waals surface area (Å²) in [5.41, 5.74) is 0.0499. The van der Waals surface area contributed by atoms with Gasteiger partial charge >= 0.3 is 5.97 Å². The lowest BCUT2D eigenvalue weighted by molar-refractivity contribution is 0.0692. The standard InChI is InChI=1S/C8H5FN2O2/c9-5-3-11-7(8(12)13)6-4(5)1-2-10-6/h1-3,10H,(H,12,13). The normalized spacial score (nSPS) is 10.5. The number of carboxylic acid groups (broad SMARTS) is 1. The third-order valence-corrected chi connectivity index (χ3v) is 1.75. The van der Waals surface area contributed by atoms with Crippen molar-refractivity contribution in [2.75, 3.05) is 0 Å². The molecule has 0 aliphatic heterocycles. The number of nitrogens with one attached hydrogen (secondary N) is 1. The zero-order valence-electron chi connectivity index (χ0n) is 6.41. The number of nitrogens with zero attached hydrogens (tertiary/aromatic N) is 1. The average molecular weight is 180 g/mol. The number of aromatic carboxylic acids is 1. The maximum atomic E-state index is 13.0. The van der Waals surface area contributed by atoms with E-state index >= 15 is 0 Å². The minimum Gasteiger partial charge on any atom is -0.476 e. The Morgan fingerprint density at radius 3 is 3.08 bits per heavy atom. The Labute approximate surface area is 72.0 Å². The molecular formula is C8H5FN2O2. The highest BCUT2D eigenvalue weighted by atomic mass is 19.1. The Morgan fingerprint density at radius 2 is 2.38 bits per heavy atom. The number of H-pyrrole nitrogens is 1. The molecule has 0 aromatic carbocycles. The molecule has 0 amide bonds. The molecule has 2 heterocycles. The van der Waals surface area contributed by atoms with Crippen LogP contribution >= 0.6 is 0 Å². The molecule has 2 rings (SSSR count). The molecule has 0 unspecified atom stereocenters. The van der Waals surface area contributed by atoms with E-state index < -0.39 is 11.8 Å². The van der Waals surface area contributed by atoms with E-state index in [1.807, 2.05) is 0 Å². The van der Waals surface area contributed by atoms with Gasteiger partial charge in [-0.2, -0.15) is 0 Å². The molecule has 13 heavy (non-hydrogen) atoms. The van der Waals surface area contributed by atoms with Crippen LogP contribution in [0.2, 0.25) is 0 Å². The predicted octanol–water partition coefficient (Wildman–Crippen LogP) is 1.40. The summed E-state index contributed by atoms with van der Waals surface area (Å²) in [6.07, 6.45) is 2.38. The van der Waals surface area contributed by atoms with Gasteiger partial charge in [0.15, 0.2) is 11.5 Å². The van der Waals surface area contributed by atoms with E-state index in [4.69, 9.17) is 5.11 Å². The first-order valence-electron chi connectivity index (χ1n) is 3.55. The lowest BCUT2D eigenvalue weighted by atomic mass is 10.2. The van der Waals surface area contributed by atoms with Crippen LogP contribution in [0.25, 0.3) is 10.9 Å². The van der Waals surface area contributed by atoms with E-state index in [1.165, 1.54) is 12.3 Å². The van der Waals surface area contributed by atoms with Gasteiger partial charge in [-0.3, -0.25) is 0 Å². The van der Waals surface area contributed by atoms with Crippen LogP contribution in [0.5, 0.6) is 0 Å². The van der Waals surface area contributed by atoms with Crippen LogP contribution < -0.4 is 0 Å². The van der Waals surface area contributed by atoms with Gasteiger partial charge in [-0.05, 0) is 6.07 Å². The largest absolute Gasteiger partial charge is 0.476 e. The van der Waals surface area contributed by atoms with Gasteiger partial charge in [0, 0.05) is 11.6 Å². The summed E-state index contributed by atoms with van der Waals surface area (Å²) in [5.74, 6) is -1.70. The number of fused-ring (bicyclic) bond motifs is 1. The van der Waals surface area contributed by atoms with Crippen LogP contribution in [0.1, 0.15) is 10.5 Å². The highest BCUT2D eigenvalue weighted by Gasteiger charge is 2.13. The predicted molar refractivity (Wildman–Crippen MR) is 43.0 cm³/mol. The second-order valence-electron chi connectivity index (χ2n) is 2.53. The fraction of sp³-hybridized carbons (Fsp3) is 0. The summed E-state index contributed by atoms with van der Waals surface area (Å²) in [6, 6.07) is 1.47. The Morgan fingerprint density at radius 1 is 1.62 bits per heavy atom. The topological polar surface area (TPSA) is 66.0 Å². The second kappa shape index (κ2) is 2.55. The summed E-state index contributed by atoms with van der Waals surface area (Å²) >= 11 is 0. The molecule has 0 atom stereocenters. The molecule has 2 aromatic heterocycles. The van der Waals surface area contributed by atoms with Gasteiger partial charge in [0.05, 0.1) is 11.7 Å². The molecule has 0 spiro atoms. The van der Waals surface area contributed by atoms with E-state index in [0.29, 0.717) is 0 Å². The van der Waals surface area contributed by atoms with Crippen molar-refractivity contribution in [3.8, 4) is 0 Å². The number of carbonyl (C=O) groups is 1. The summed E-state index contributed by atoms with van der Waals surface area (Å²) < 4.78 is 13.0. The maximum absolute atomic E-state index is 13.0. The number of hydrogen-bond donors (Lipinski definition) is 2. The molecule has 2 aromatic rings. The van der Waals surface area contributed by atoms with Crippen molar-refractivity contribution in [2.24, 2.45) is 0 Å². The summed E-state index contributed by atoms with van der Waals surface area (Å²) in [6.45, 7) is 0. The summed E-state index contributed by atoms with van der Waals surface area (Å²) in [7, 11) is 0. The fourth-order valence-corrected chi connectivity index (χ4v) is 1.18. The number of carboxylic acids is 1. The van der Waals surface area contributed by atoms with Crippen molar-refractivity contribution in [1.82, 2.24) is 9.97 Å². The van der Waals surface area contributed by atoms with Gasteiger partial charge in [0.25, 0.3) is 0 Å². The molecule has 0 saturated heterocycles. The van der Waals surface area contributed by atoms with E-state index in [0.717, 1.165) is 6.20 Å². The van der Waals surface area contributed by atoms with Gasteiger partial charge in [-0.1, -0.05) is 0 Å². The van der Waals surface area contributed by atoms with Gasteiger partial charge in [0.2, 0.25) is 0 Å². The molecule has 0 radical (unpaired) electrons. The van der Waals surface area contributed by atoms with E-state index in [9.17, 15) is 9.18 Å². The third kappa shape index (κ3) is 1.05. The maximum Gasteiger partial charge on any atom is 0.356 e. The molecule has 4 nitrogen and oxygen atoms in total. The summed E-state index contributed by atoms with van der Waals surface area (Å²) in [5, 5.41) is 8.93. The Balaban J connectivity index is 2.86. The van der Waals surface area contributed by atoms with Crippen LogP contribution in [0.4, 0.5) is 4.39 Å². The minimum absolute atomic E-state index is 0.165. The number of pyridine rings is 1. The van der Waals surface area contributed by atoms with Crippen LogP contribution in [-0.4, -0.2) is 21.0 Å². The lowest BCUT2D eigenvalue weighted by Gasteiger charge is -1.96. The molecule has 0 fully saturated rings. The number of rotatable bonds is 1. The Bertz CT molecular complexity index is 478. The van der Waals surface area contributed by atoms with Crippen LogP contribution in [0, 0.1) is 5.82 Å². The summed E-state index contributed by atoms with van der Waals surface area (Å²) in [4.78, 5) is 16.7. The fourth-order valence-electron chi connectivity index (χ4n) is 1.18. The molecule has 0 bridgehead atoms. The average Bonchev–Trinajstić information content (AvgIpc) is 2.53. The van der Waals surface area contributed by atoms with Gasteiger partial charge in [-0.15, -0.1) is 0 Å². The first-order chi connectivity index (χ1) is 6.20. The third-order valence-electron chi connectivity index (χ3n) is 1.75. The minimum atomic E-state index is -1.17. The number of aromatic nitrogens is 2. The highest BCUT2D eigenvalue weighted by Crippen LogP contribution is 2.17. The first-order valence-corrected chi connectivity index (χ1v) is 3.55. The number of hydrogen-bond acceptors (Lipinski definition) is 2. The van der Waals surface area contributed by atoms with Gasteiger partial charge < -0.3 is 10.1 Å². The highest BCUT2D eigenvalue weighted by molar-refractivity contribution is 5.99. The van der Waals surface area contributed by atoms with Crippen LogP contribution in [-0.2, 0) is 0 Å². The molecule has 66 valence electrons. The second-order valence-corrected chi connectivity index (χ2v) is 2.53. The van der Waals surface area contributed by atoms with Crippen molar-refractivity contribution in [3.05, 3.63) is 30.0 Å². The smallest absolute Gasteiger partial charge is 0.356 e. The van der Waals surface area contributed by atoms with Crippen molar-refractivity contribution < 1.29 is 14.3 Å². The molecule has 0 saturated carbocycles. The van der Waals surface area contributed by atoms with Gasteiger partial charge in [0.1, 0.15) is 0 Å². The molecule has 0 aliphatic carbocycles. The Kier molecular flexibility index (Phi) is 1.51.